The van der Waals surface area contributed by atoms with E-state index in [1.165, 1.54) is 19.3 Å². The molecule has 2 rings (SSSR count). The first-order chi connectivity index (χ1) is 6.72. The molecule has 1 N–H and O–H groups in total. The number of fused-ring (bicyclic) bond motifs is 2. The van der Waals surface area contributed by atoms with Crippen molar-refractivity contribution in [3.05, 3.63) is 0 Å². The number of rotatable bonds is 4. The van der Waals surface area contributed by atoms with Crippen molar-refractivity contribution in [3.63, 3.8) is 0 Å². The second-order valence-electron chi connectivity index (χ2n) is 5.10. The predicted molar refractivity (Wildman–Crippen MR) is 58.3 cm³/mol. The molecule has 2 aliphatic heterocycles. The molecule has 2 aliphatic rings. The highest BCUT2D eigenvalue weighted by Gasteiger charge is 2.44. The summed E-state index contributed by atoms with van der Waals surface area (Å²) >= 11 is 0. The summed E-state index contributed by atoms with van der Waals surface area (Å²) in [5, 5.41) is 3.63. The van der Waals surface area contributed by atoms with Gasteiger partial charge in [-0.2, -0.15) is 0 Å². The molecule has 14 heavy (non-hydrogen) atoms. The second kappa shape index (κ2) is 4.19. The molecule has 4 unspecified atom stereocenters. The van der Waals surface area contributed by atoms with Crippen molar-refractivity contribution < 1.29 is 4.74 Å². The van der Waals surface area contributed by atoms with E-state index in [0.29, 0.717) is 18.2 Å². The molecule has 0 aromatic rings. The Bertz CT molecular complexity index is 193. The molecule has 82 valence electrons. The molecule has 2 nitrogen and oxygen atoms in total. The zero-order valence-corrected chi connectivity index (χ0v) is 9.62. The lowest BCUT2D eigenvalue weighted by atomic mass is 9.79. The predicted octanol–water partition coefficient (Wildman–Crippen LogP) is 2.19. The summed E-state index contributed by atoms with van der Waals surface area (Å²) < 4.78 is 5.92. The summed E-state index contributed by atoms with van der Waals surface area (Å²) in [4.78, 5) is 0. The van der Waals surface area contributed by atoms with Crippen molar-refractivity contribution in [2.24, 2.45) is 11.8 Å². The second-order valence-corrected chi connectivity index (χ2v) is 5.10. The minimum atomic E-state index is 0.562. The van der Waals surface area contributed by atoms with Gasteiger partial charge in [0.2, 0.25) is 0 Å². The SMILES string of the molecule is CCNC(C(C)C)C1CC2CCC1O2. The fourth-order valence-electron chi connectivity index (χ4n) is 3.17. The summed E-state index contributed by atoms with van der Waals surface area (Å²) in [5.74, 6) is 1.50. The van der Waals surface area contributed by atoms with Crippen LogP contribution in [0.3, 0.4) is 0 Å². The Morgan fingerprint density at radius 3 is 2.57 bits per heavy atom. The van der Waals surface area contributed by atoms with Crippen molar-refractivity contribution >= 4 is 0 Å². The minimum absolute atomic E-state index is 0.562. The highest BCUT2D eigenvalue weighted by atomic mass is 16.5. The van der Waals surface area contributed by atoms with Gasteiger partial charge in [0, 0.05) is 12.0 Å². The van der Waals surface area contributed by atoms with Gasteiger partial charge in [0.25, 0.3) is 0 Å². The van der Waals surface area contributed by atoms with Crippen LogP contribution in [0, 0.1) is 11.8 Å². The van der Waals surface area contributed by atoms with E-state index in [2.05, 4.69) is 26.1 Å². The van der Waals surface area contributed by atoms with Crippen LogP contribution < -0.4 is 5.32 Å². The van der Waals surface area contributed by atoms with Crippen LogP contribution in [-0.4, -0.2) is 24.8 Å². The van der Waals surface area contributed by atoms with E-state index in [4.69, 9.17) is 4.74 Å². The van der Waals surface area contributed by atoms with Gasteiger partial charge in [-0.05, 0) is 31.7 Å². The molecular formula is C12H23NO. The molecule has 0 saturated carbocycles. The molecule has 4 atom stereocenters. The number of ether oxygens (including phenoxy) is 1. The van der Waals surface area contributed by atoms with Crippen LogP contribution in [0.2, 0.25) is 0 Å². The Kier molecular flexibility index (Phi) is 3.13. The maximum Gasteiger partial charge on any atom is 0.0623 e. The lowest BCUT2D eigenvalue weighted by Crippen LogP contribution is -2.44. The van der Waals surface area contributed by atoms with Crippen LogP contribution in [-0.2, 0) is 4.74 Å². The van der Waals surface area contributed by atoms with E-state index >= 15 is 0 Å². The fourth-order valence-corrected chi connectivity index (χ4v) is 3.17. The molecule has 2 fully saturated rings. The molecular weight excluding hydrogens is 174 g/mol. The summed E-state index contributed by atoms with van der Waals surface area (Å²) in [6, 6.07) is 0.662. The largest absolute Gasteiger partial charge is 0.375 e. The summed E-state index contributed by atoms with van der Waals surface area (Å²) in [5.41, 5.74) is 0. The highest BCUT2D eigenvalue weighted by molar-refractivity contribution is 4.95. The molecule has 2 heterocycles. The van der Waals surface area contributed by atoms with Crippen molar-refractivity contribution in [2.45, 2.75) is 58.3 Å². The maximum atomic E-state index is 5.92. The van der Waals surface area contributed by atoms with Crippen LogP contribution >= 0.6 is 0 Å². The summed E-state index contributed by atoms with van der Waals surface area (Å²) in [7, 11) is 0. The lowest BCUT2D eigenvalue weighted by Gasteiger charge is -2.32. The average Bonchev–Trinajstić information content (AvgIpc) is 2.74. The molecule has 2 saturated heterocycles. The van der Waals surface area contributed by atoms with E-state index in [-0.39, 0.29) is 0 Å². The number of nitrogens with one attached hydrogen (secondary N) is 1. The molecule has 0 aromatic carbocycles. The van der Waals surface area contributed by atoms with E-state index in [1.54, 1.807) is 0 Å². The normalized spacial score (nSPS) is 38.1. The Balaban J connectivity index is 1.97. The van der Waals surface area contributed by atoms with E-state index < -0.39 is 0 Å². The van der Waals surface area contributed by atoms with Crippen LogP contribution in [0.1, 0.15) is 40.0 Å². The van der Waals surface area contributed by atoms with E-state index in [1.807, 2.05) is 0 Å². The van der Waals surface area contributed by atoms with Crippen LogP contribution in [0.4, 0.5) is 0 Å². The first-order valence-corrected chi connectivity index (χ1v) is 6.11. The number of hydrogen-bond donors (Lipinski definition) is 1. The van der Waals surface area contributed by atoms with Gasteiger partial charge in [-0.15, -0.1) is 0 Å². The lowest BCUT2D eigenvalue weighted by molar-refractivity contribution is 0.0814. The molecule has 0 amide bonds. The fraction of sp³-hybridized carbons (Fsp3) is 1.00. The van der Waals surface area contributed by atoms with Crippen molar-refractivity contribution in [2.75, 3.05) is 6.54 Å². The van der Waals surface area contributed by atoms with Gasteiger partial charge >= 0.3 is 0 Å². The standard InChI is InChI=1S/C12H23NO/c1-4-13-12(8(2)3)10-7-9-5-6-11(10)14-9/h8-13H,4-7H2,1-3H3. The Labute approximate surface area is 87.4 Å². The zero-order valence-electron chi connectivity index (χ0n) is 9.62. The van der Waals surface area contributed by atoms with Crippen LogP contribution in [0.5, 0.6) is 0 Å². The molecule has 0 spiro atoms. The van der Waals surface area contributed by atoms with Crippen molar-refractivity contribution in [3.8, 4) is 0 Å². The topological polar surface area (TPSA) is 21.3 Å². The third-order valence-corrected chi connectivity index (χ3v) is 3.77. The average molecular weight is 197 g/mol. The summed E-state index contributed by atoms with van der Waals surface area (Å²) in [6.07, 6.45) is 5.04. The quantitative estimate of drug-likeness (QED) is 0.746. The third-order valence-electron chi connectivity index (χ3n) is 3.77. The zero-order chi connectivity index (χ0) is 10.1. The van der Waals surface area contributed by atoms with Gasteiger partial charge < -0.3 is 10.1 Å². The number of hydrogen-bond acceptors (Lipinski definition) is 2. The third kappa shape index (κ3) is 1.82. The van der Waals surface area contributed by atoms with Gasteiger partial charge in [-0.25, -0.2) is 0 Å². The smallest absolute Gasteiger partial charge is 0.0623 e. The van der Waals surface area contributed by atoms with Gasteiger partial charge in [-0.1, -0.05) is 20.8 Å². The maximum absolute atomic E-state index is 5.92. The first-order valence-electron chi connectivity index (χ1n) is 6.11. The summed E-state index contributed by atoms with van der Waals surface area (Å²) in [6.45, 7) is 7.92. The Morgan fingerprint density at radius 2 is 2.14 bits per heavy atom. The van der Waals surface area contributed by atoms with Gasteiger partial charge in [-0.3, -0.25) is 0 Å². The van der Waals surface area contributed by atoms with Gasteiger partial charge in [0.05, 0.1) is 12.2 Å². The van der Waals surface area contributed by atoms with Crippen molar-refractivity contribution in [1.82, 2.24) is 5.32 Å². The van der Waals surface area contributed by atoms with Gasteiger partial charge in [0.1, 0.15) is 0 Å². The van der Waals surface area contributed by atoms with Crippen LogP contribution in [0.15, 0.2) is 0 Å². The van der Waals surface area contributed by atoms with E-state index in [9.17, 15) is 0 Å². The molecule has 2 bridgehead atoms. The monoisotopic (exact) mass is 197 g/mol. The van der Waals surface area contributed by atoms with E-state index in [0.717, 1.165) is 18.4 Å². The van der Waals surface area contributed by atoms with Crippen LogP contribution in [0.25, 0.3) is 0 Å². The molecule has 0 aliphatic carbocycles. The van der Waals surface area contributed by atoms with Gasteiger partial charge in [0.15, 0.2) is 0 Å². The first kappa shape index (κ1) is 10.4. The molecule has 2 heteroatoms. The Hall–Kier alpha value is -0.0800. The molecule has 0 aromatic heterocycles. The highest BCUT2D eigenvalue weighted by Crippen LogP contribution is 2.41. The Morgan fingerprint density at radius 1 is 1.36 bits per heavy atom. The van der Waals surface area contributed by atoms with Crippen molar-refractivity contribution in [1.29, 1.82) is 0 Å². The molecule has 0 radical (unpaired) electrons. The minimum Gasteiger partial charge on any atom is -0.375 e.